The minimum atomic E-state index is -0.270. The van der Waals surface area contributed by atoms with Gasteiger partial charge in [-0.2, -0.15) is 0 Å². The van der Waals surface area contributed by atoms with Gasteiger partial charge in [0, 0.05) is 37.7 Å². The predicted octanol–water partition coefficient (Wildman–Crippen LogP) is 4.12. The molecular weight excluding hydrogens is 314 g/mol. The van der Waals surface area contributed by atoms with Gasteiger partial charge in [0.1, 0.15) is 0 Å². The number of rotatable bonds is 9. The molecule has 132 valence electrons. The van der Waals surface area contributed by atoms with E-state index in [9.17, 15) is 9.59 Å². The molecular formula is C20H25N3O2. The second kappa shape index (κ2) is 9.57. The molecule has 0 radical (unpaired) electrons. The third-order valence-corrected chi connectivity index (χ3v) is 3.95. The van der Waals surface area contributed by atoms with Gasteiger partial charge in [0.25, 0.3) is 5.91 Å². The van der Waals surface area contributed by atoms with Crippen LogP contribution in [0.3, 0.4) is 0 Å². The van der Waals surface area contributed by atoms with Crippen LogP contribution in [-0.4, -0.2) is 21.2 Å². The molecule has 1 heterocycles. The molecule has 1 aromatic heterocycles. The van der Waals surface area contributed by atoms with E-state index in [1.54, 1.807) is 30.2 Å². The van der Waals surface area contributed by atoms with E-state index in [4.69, 9.17) is 0 Å². The Labute approximate surface area is 149 Å². The molecule has 0 spiro atoms. The number of ketones is 1. The SMILES string of the molecule is CCCCCCC(=O)/C=C/N(C(=O)c1nccn1C)c1ccccc1. The van der Waals surface area contributed by atoms with Gasteiger partial charge in [-0.3, -0.25) is 14.5 Å². The highest BCUT2D eigenvalue weighted by Crippen LogP contribution is 2.17. The molecule has 0 aliphatic heterocycles. The second-order valence-corrected chi connectivity index (χ2v) is 5.97. The molecule has 1 amide bonds. The maximum atomic E-state index is 12.8. The minimum Gasteiger partial charge on any atom is -0.330 e. The van der Waals surface area contributed by atoms with E-state index in [2.05, 4.69) is 11.9 Å². The number of unbranched alkanes of at least 4 members (excludes halogenated alkanes) is 3. The van der Waals surface area contributed by atoms with E-state index < -0.39 is 0 Å². The number of aromatic nitrogens is 2. The van der Waals surface area contributed by atoms with Gasteiger partial charge < -0.3 is 4.57 Å². The van der Waals surface area contributed by atoms with Crippen LogP contribution in [0.1, 0.15) is 49.6 Å². The molecule has 0 aliphatic rings. The monoisotopic (exact) mass is 339 g/mol. The molecule has 5 heteroatoms. The van der Waals surface area contributed by atoms with Crippen molar-refractivity contribution in [2.24, 2.45) is 7.05 Å². The first kappa shape index (κ1) is 18.6. The van der Waals surface area contributed by atoms with Crippen LogP contribution < -0.4 is 4.90 Å². The molecule has 0 unspecified atom stereocenters. The van der Waals surface area contributed by atoms with Crippen molar-refractivity contribution in [1.29, 1.82) is 0 Å². The van der Waals surface area contributed by atoms with Gasteiger partial charge in [-0.1, -0.05) is 44.4 Å². The first-order valence-corrected chi connectivity index (χ1v) is 8.70. The number of carbonyl (C=O) groups is 2. The summed E-state index contributed by atoms with van der Waals surface area (Å²) >= 11 is 0. The molecule has 0 bridgehead atoms. The average molecular weight is 339 g/mol. The molecule has 25 heavy (non-hydrogen) atoms. The average Bonchev–Trinajstić information content (AvgIpc) is 3.05. The molecule has 0 N–H and O–H groups in total. The van der Waals surface area contributed by atoms with Crippen molar-refractivity contribution in [2.75, 3.05) is 4.90 Å². The number of anilines is 1. The summed E-state index contributed by atoms with van der Waals surface area (Å²) in [6.45, 7) is 2.14. The molecule has 0 atom stereocenters. The van der Waals surface area contributed by atoms with Crippen LogP contribution in [0.15, 0.2) is 55.0 Å². The molecule has 5 nitrogen and oxygen atoms in total. The third kappa shape index (κ3) is 5.41. The fourth-order valence-electron chi connectivity index (χ4n) is 2.51. The number of aryl methyl sites for hydroxylation is 1. The number of amides is 1. The molecule has 2 rings (SSSR count). The van der Waals surface area contributed by atoms with Crippen molar-refractivity contribution in [3.63, 3.8) is 0 Å². The maximum Gasteiger partial charge on any atom is 0.298 e. The fraction of sp³-hybridized carbons (Fsp3) is 0.350. The van der Waals surface area contributed by atoms with Crippen molar-refractivity contribution in [1.82, 2.24) is 9.55 Å². The van der Waals surface area contributed by atoms with Crippen molar-refractivity contribution in [3.05, 3.63) is 60.8 Å². The number of allylic oxidation sites excluding steroid dienone is 1. The van der Waals surface area contributed by atoms with Crippen LogP contribution in [0.25, 0.3) is 0 Å². The van der Waals surface area contributed by atoms with E-state index in [0.29, 0.717) is 17.9 Å². The Kier molecular flexibility index (Phi) is 7.14. The first-order valence-electron chi connectivity index (χ1n) is 8.70. The summed E-state index contributed by atoms with van der Waals surface area (Å²) in [5.74, 6) is 0.0855. The Hall–Kier alpha value is -2.69. The summed E-state index contributed by atoms with van der Waals surface area (Å²) in [4.78, 5) is 30.5. The number of para-hydroxylation sites is 1. The van der Waals surface area contributed by atoms with Gasteiger partial charge in [-0.15, -0.1) is 0 Å². The second-order valence-electron chi connectivity index (χ2n) is 5.97. The highest BCUT2D eigenvalue weighted by molar-refractivity contribution is 6.06. The number of nitrogens with zero attached hydrogens (tertiary/aromatic N) is 3. The van der Waals surface area contributed by atoms with Crippen molar-refractivity contribution in [3.8, 4) is 0 Å². The van der Waals surface area contributed by atoms with Gasteiger partial charge >= 0.3 is 0 Å². The molecule has 0 saturated heterocycles. The number of benzene rings is 1. The molecule has 2 aromatic rings. The summed E-state index contributed by atoms with van der Waals surface area (Å²) in [5.41, 5.74) is 0.700. The largest absolute Gasteiger partial charge is 0.330 e. The van der Waals surface area contributed by atoms with E-state index >= 15 is 0 Å². The highest BCUT2D eigenvalue weighted by Gasteiger charge is 2.19. The molecule has 0 saturated carbocycles. The van der Waals surface area contributed by atoms with Crippen molar-refractivity contribution < 1.29 is 9.59 Å². The summed E-state index contributed by atoms with van der Waals surface area (Å²) < 4.78 is 1.67. The lowest BCUT2D eigenvalue weighted by atomic mass is 10.1. The van der Waals surface area contributed by atoms with E-state index in [1.165, 1.54) is 11.0 Å². The van der Waals surface area contributed by atoms with Gasteiger partial charge in [0.15, 0.2) is 11.6 Å². The van der Waals surface area contributed by atoms with Gasteiger partial charge in [-0.05, 0) is 24.6 Å². The summed E-state index contributed by atoms with van der Waals surface area (Å²) in [5, 5.41) is 0. The lowest BCUT2D eigenvalue weighted by Gasteiger charge is -2.18. The van der Waals surface area contributed by atoms with Crippen LogP contribution in [0.4, 0.5) is 5.69 Å². The van der Waals surface area contributed by atoms with Crippen LogP contribution in [0, 0.1) is 0 Å². The maximum absolute atomic E-state index is 12.8. The third-order valence-electron chi connectivity index (χ3n) is 3.95. The van der Waals surface area contributed by atoms with Crippen LogP contribution in [-0.2, 0) is 11.8 Å². The smallest absolute Gasteiger partial charge is 0.298 e. The topological polar surface area (TPSA) is 55.2 Å². The van der Waals surface area contributed by atoms with Gasteiger partial charge in [-0.25, -0.2) is 4.98 Å². The lowest BCUT2D eigenvalue weighted by molar-refractivity contribution is -0.114. The van der Waals surface area contributed by atoms with Crippen LogP contribution in [0.2, 0.25) is 0 Å². The number of carbonyl (C=O) groups excluding carboxylic acids is 2. The molecule has 0 fully saturated rings. The van der Waals surface area contributed by atoms with Gasteiger partial charge in [0.2, 0.25) is 0 Å². The number of imidazole rings is 1. The Morgan fingerprint density at radius 2 is 1.92 bits per heavy atom. The first-order chi connectivity index (χ1) is 12.1. The zero-order valence-electron chi connectivity index (χ0n) is 14.9. The number of hydrogen-bond acceptors (Lipinski definition) is 3. The van der Waals surface area contributed by atoms with Gasteiger partial charge in [0.05, 0.1) is 0 Å². The normalized spacial score (nSPS) is 11.0. The standard InChI is InChI=1S/C20H25N3O2/c1-3-4-5-9-12-18(24)13-15-23(17-10-7-6-8-11-17)20(25)19-21-14-16-22(19)2/h6-8,10-11,13-16H,3-5,9,12H2,1-2H3/b15-13+. The van der Waals surface area contributed by atoms with Crippen molar-refractivity contribution >= 4 is 17.4 Å². The summed E-state index contributed by atoms with van der Waals surface area (Å²) in [6, 6.07) is 9.26. The zero-order valence-corrected chi connectivity index (χ0v) is 14.9. The molecule has 1 aromatic carbocycles. The Morgan fingerprint density at radius 3 is 2.56 bits per heavy atom. The quantitative estimate of drug-likeness (QED) is 0.510. The molecule has 0 aliphatic carbocycles. The Morgan fingerprint density at radius 1 is 1.16 bits per heavy atom. The minimum absolute atomic E-state index is 0.0321. The fourth-order valence-corrected chi connectivity index (χ4v) is 2.51. The predicted molar refractivity (Wildman–Crippen MR) is 99.4 cm³/mol. The van der Waals surface area contributed by atoms with Crippen LogP contribution in [0.5, 0.6) is 0 Å². The highest BCUT2D eigenvalue weighted by atomic mass is 16.2. The lowest BCUT2D eigenvalue weighted by Crippen LogP contribution is -2.28. The van der Waals surface area contributed by atoms with E-state index in [1.807, 2.05) is 30.3 Å². The zero-order chi connectivity index (χ0) is 18.1. The Balaban J connectivity index is 2.13. The van der Waals surface area contributed by atoms with E-state index in [-0.39, 0.29) is 11.7 Å². The number of hydrogen-bond donors (Lipinski definition) is 0. The van der Waals surface area contributed by atoms with E-state index in [0.717, 1.165) is 25.7 Å². The summed E-state index contributed by atoms with van der Waals surface area (Å²) in [6.07, 6.45) is 11.1. The van der Waals surface area contributed by atoms with Crippen LogP contribution >= 0.6 is 0 Å². The summed E-state index contributed by atoms with van der Waals surface area (Å²) in [7, 11) is 1.77. The van der Waals surface area contributed by atoms with Crippen molar-refractivity contribution in [2.45, 2.75) is 39.0 Å². The Bertz CT molecular complexity index is 720.